The quantitative estimate of drug-likeness (QED) is 0.507. The molecule has 2 aromatic carbocycles. The summed E-state index contributed by atoms with van der Waals surface area (Å²) in [6.07, 6.45) is 5.78. The third kappa shape index (κ3) is 3.92. The summed E-state index contributed by atoms with van der Waals surface area (Å²) in [7, 11) is 0. The lowest BCUT2D eigenvalue weighted by atomic mass is 9.72. The van der Waals surface area contributed by atoms with Crippen LogP contribution in [0.2, 0.25) is 0 Å². The van der Waals surface area contributed by atoms with Gasteiger partial charge in [-0.1, -0.05) is 54.6 Å². The van der Waals surface area contributed by atoms with Crippen molar-refractivity contribution < 1.29 is 4.79 Å². The molecule has 2 heterocycles. The van der Waals surface area contributed by atoms with Gasteiger partial charge >= 0.3 is 0 Å². The van der Waals surface area contributed by atoms with Crippen molar-refractivity contribution in [1.29, 1.82) is 0 Å². The lowest BCUT2D eigenvalue weighted by molar-refractivity contribution is 0.0944. The normalized spacial score (nSPS) is 14.9. The zero-order chi connectivity index (χ0) is 21.3. The van der Waals surface area contributed by atoms with Crippen LogP contribution in [0.25, 0.3) is 17.0 Å². The third-order valence-electron chi connectivity index (χ3n) is 5.95. The van der Waals surface area contributed by atoms with Crippen LogP contribution >= 0.6 is 0 Å². The van der Waals surface area contributed by atoms with E-state index in [1.54, 1.807) is 6.20 Å². The van der Waals surface area contributed by atoms with Gasteiger partial charge in [-0.2, -0.15) is 4.98 Å². The molecule has 1 amide bonds. The maximum absolute atomic E-state index is 12.4. The molecule has 31 heavy (non-hydrogen) atoms. The molecule has 0 unspecified atom stereocenters. The van der Waals surface area contributed by atoms with Gasteiger partial charge in [0.05, 0.1) is 5.69 Å². The van der Waals surface area contributed by atoms with Crippen molar-refractivity contribution in [2.24, 2.45) is 5.73 Å². The van der Waals surface area contributed by atoms with Crippen molar-refractivity contribution in [3.63, 3.8) is 0 Å². The molecule has 0 spiro atoms. The number of benzene rings is 2. The Balaban J connectivity index is 1.29. The summed E-state index contributed by atoms with van der Waals surface area (Å²) in [5.41, 5.74) is 10.3. The maximum atomic E-state index is 12.4. The number of amides is 1. The summed E-state index contributed by atoms with van der Waals surface area (Å²) in [4.78, 5) is 21.3. The van der Waals surface area contributed by atoms with Crippen molar-refractivity contribution in [3.05, 3.63) is 83.8 Å². The van der Waals surface area contributed by atoms with Crippen LogP contribution in [0.4, 0.5) is 0 Å². The standard InChI is InChI=1S/C24H24N6O/c25-24(13-4-14-24)19-9-7-18(8-10-19)20-12-16-30-23(27-20)28-21(29-30)22(31)26-15-11-17-5-2-1-3-6-17/h1-3,5-10,12,16H,4,11,13-15,25H2,(H,26,31). The topological polar surface area (TPSA) is 98.2 Å². The molecule has 0 aliphatic heterocycles. The van der Waals surface area contributed by atoms with E-state index in [-0.39, 0.29) is 17.3 Å². The average Bonchev–Trinajstić information content (AvgIpc) is 3.22. The molecule has 0 radical (unpaired) electrons. The number of aromatic nitrogens is 4. The number of nitrogens with zero attached hydrogens (tertiary/aromatic N) is 4. The molecular weight excluding hydrogens is 388 g/mol. The number of carbonyl (C=O) groups excluding carboxylic acids is 1. The van der Waals surface area contributed by atoms with E-state index in [1.165, 1.54) is 22.1 Å². The van der Waals surface area contributed by atoms with Crippen molar-refractivity contribution in [2.75, 3.05) is 6.54 Å². The highest BCUT2D eigenvalue weighted by Crippen LogP contribution is 2.39. The van der Waals surface area contributed by atoms with Gasteiger partial charge in [-0.15, -0.1) is 5.10 Å². The van der Waals surface area contributed by atoms with Crippen LogP contribution in [0.15, 0.2) is 66.9 Å². The first-order valence-electron chi connectivity index (χ1n) is 10.6. The Morgan fingerprint density at radius 2 is 1.81 bits per heavy atom. The van der Waals surface area contributed by atoms with E-state index >= 15 is 0 Å². The third-order valence-corrected chi connectivity index (χ3v) is 5.95. The summed E-state index contributed by atoms with van der Waals surface area (Å²) < 4.78 is 1.52. The Labute approximate surface area is 180 Å². The lowest BCUT2D eigenvalue weighted by Gasteiger charge is -2.38. The molecule has 1 aliphatic rings. The first-order chi connectivity index (χ1) is 15.1. The van der Waals surface area contributed by atoms with Gasteiger partial charge in [0.25, 0.3) is 11.7 Å². The molecule has 156 valence electrons. The second kappa shape index (κ2) is 7.92. The summed E-state index contributed by atoms with van der Waals surface area (Å²) in [5.74, 6) is 0.202. The molecule has 7 heteroatoms. The van der Waals surface area contributed by atoms with Crippen LogP contribution in [0.3, 0.4) is 0 Å². The highest BCUT2D eigenvalue weighted by Gasteiger charge is 2.34. The number of hydrogen-bond acceptors (Lipinski definition) is 5. The molecule has 4 aromatic rings. The number of hydrogen-bond donors (Lipinski definition) is 2. The van der Waals surface area contributed by atoms with Gasteiger partial charge in [-0.05, 0) is 42.9 Å². The van der Waals surface area contributed by atoms with E-state index in [0.29, 0.717) is 12.3 Å². The SMILES string of the molecule is NC1(c2ccc(-c3ccn4nc(C(=O)NCCc5ccccc5)nc4n3)cc2)CCC1. The molecule has 2 aromatic heterocycles. The van der Waals surface area contributed by atoms with Gasteiger partial charge in [-0.25, -0.2) is 9.50 Å². The average molecular weight is 412 g/mol. The predicted molar refractivity (Wildman–Crippen MR) is 118 cm³/mol. The minimum absolute atomic E-state index is 0.114. The van der Waals surface area contributed by atoms with Crippen LogP contribution in [0.5, 0.6) is 0 Å². The Bertz CT molecular complexity index is 1210. The summed E-state index contributed by atoms with van der Waals surface area (Å²) in [5, 5.41) is 7.12. The minimum Gasteiger partial charge on any atom is -0.349 e. The van der Waals surface area contributed by atoms with E-state index in [9.17, 15) is 4.79 Å². The molecule has 1 fully saturated rings. The molecule has 1 aliphatic carbocycles. The van der Waals surface area contributed by atoms with Gasteiger partial charge in [0.1, 0.15) is 0 Å². The fraction of sp³-hybridized carbons (Fsp3) is 0.250. The van der Waals surface area contributed by atoms with Gasteiger partial charge in [0.15, 0.2) is 0 Å². The highest BCUT2D eigenvalue weighted by molar-refractivity contribution is 5.90. The molecule has 1 saturated carbocycles. The van der Waals surface area contributed by atoms with Crippen LogP contribution < -0.4 is 11.1 Å². The fourth-order valence-electron chi connectivity index (χ4n) is 3.90. The van der Waals surface area contributed by atoms with Crippen molar-refractivity contribution in [2.45, 2.75) is 31.2 Å². The van der Waals surface area contributed by atoms with Crippen LogP contribution in [-0.4, -0.2) is 32.0 Å². The molecule has 7 nitrogen and oxygen atoms in total. The van der Waals surface area contributed by atoms with Crippen LogP contribution in [0.1, 0.15) is 41.0 Å². The maximum Gasteiger partial charge on any atom is 0.291 e. The summed E-state index contributed by atoms with van der Waals surface area (Å²) >= 11 is 0. The van der Waals surface area contributed by atoms with E-state index in [4.69, 9.17) is 5.73 Å². The van der Waals surface area contributed by atoms with Gasteiger partial charge in [-0.3, -0.25) is 4.79 Å². The predicted octanol–water partition coefficient (Wildman–Crippen LogP) is 3.10. The highest BCUT2D eigenvalue weighted by atomic mass is 16.2. The summed E-state index contributed by atoms with van der Waals surface area (Å²) in [6.45, 7) is 0.520. The first kappa shape index (κ1) is 19.4. The Morgan fingerprint density at radius 1 is 1.03 bits per heavy atom. The minimum atomic E-state index is -0.305. The first-order valence-corrected chi connectivity index (χ1v) is 10.6. The zero-order valence-electron chi connectivity index (χ0n) is 17.2. The molecule has 0 bridgehead atoms. The van der Waals surface area contributed by atoms with Gasteiger partial charge in [0, 0.05) is 23.8 Å². The number of nitrogens with two attached hydrogens (primary N) is 1. The molecular formula is C24H24N6O. The lowest BCUT2D eigenvalue weighted by Crippen LogP contribution is -2.43. The van der Waals surface area contributed by atoms with E-state index in [2.05, 4.69) is 32.5 Å². The molecule has 5 rings (SSSR count). The number of carbonyl (C=O) groups is 1. The van der Waals surface area contributed by atoms with Crippen LogP contribution in [-0.2, 0) is 12.0 Å². The summed E-state index contributed by atoms with van der Waals surface area (Å²) in [6, 6.07) is 20.1. The Kier molecular flexibility index (Phi) is 4.95. The Hall–Kier alpha value is -3.58. The second-order valence-corrected chi connectivity index (χ2v) is 8.07. The molecule has 0 atom stereocenters. The number of nitrogens with one attached hydrogen (secondary N) is 1. The molecule has 0 saturated heterocycles. The number of rotatable bonds is 6. The van der Waals surface area contributed by atoms with Crippen molar-refractivity contribution >= 4 is 11.7 Å². The monoisotopic (exact) mass is 412 g/mol. The molecule has 3 N–H and O–H groups in total. The van der Waals surface area contributed by atoms with Crippen molar-refractivity contribution in [1.82, 2.24) is 24.9 Å². The largest absolute Gasteiger partial charge is 0.349 e. The smallest absolute Gasteiger partial charge is 0.291 e. The van der Waals surface area contributed by atoms with Crippen LogP contribution in [0, 0.1) is 0 Å². The van der Waals surface area contributed by atoms with E-state index in [0.717, 1.165) is 30.5 Å². The second-order valence-electron chi connectivity index (χ2n) is 8.07. The Morgan fingerprint density at radius 3 is 2.52 bits per heavy atom. The van der Waals surface area contributed by atoms with E-state index in [1.807, 2.05) is 48.5 Å². The fourth-order valence-corrected chi connectivity index (χ4v) is 3.90. The zero-order valence-corrected chi connectivity index (χ0v) is 17.2. The van der Waals surface area contributed by atoms with Gasteiger partial charge < -0.3 is 11.1 Å². The number of fused-ring (bicyclic) bond motifs is 1. The van der Waals surface area contributed by atoms with Gasteiger partial charge in [0.2, 0.25) is 5.82 Å². The van der Waals surface area contributed by atoms with Crippen molar-refractivity contribution in [3.8, 4) is 11.3 Å². The van der Waals surface area contributed by atoms with E-state index < -0.39 is 0 Å².